The highest BCUT2D eigenvalue weighted by Gasteiger charge is 2.11. The SMILES string of the molecule is COC(=O)CNc1cc(C)c(OC)c(C)c1C. The summed E-state index contributed by atoms with van der Waals surface area (Å²) in [4.78, 5) is 11.1. The largest absolute Gasteiger partial charge is 0.496 e. The van der Waals surface area contributed by atoms with Crippen molar-refractivity contribution in [1.29, 1.82) is 0 Å². The lowest BCUT2D eigenvalue weighted by molar-refractivity contribution is -0.138. The monoisotopic (exact) mass is 237 g/mol. The summed E-state index contributed by atoms with van der Waals surface area (Å²) in [5.74, 6) is 0.613. The normalized spacial score (nSPS) is 9.94. The molecule has 4 nitrogen and oxygen atoms in total. The van der Waals surface area contributed by atoms with Gasteiger partial charge >= 0.3 is 5.97 Å². The topological polar surface area (TPSA) is 47.6 Å². The van der Waals surface area contributed by atoms with Gasteiger partial charge in [0.15, 0.2) is 0 Å². The second-order valence-corrected chi connectivity index (χ2v) is 3.95. The lowest BCUT2D eigenvalue weighted by Crippen LogP contribution is -2.16. The molecule has 1 aromatic carbocycles. The van der Waals surface area contributed by atoms with Crippen LogP contribution in [0.5, 0.6) is 5.75 Å². The Labute approximate surface area is 102 Å². The minimum Gasteiger partial charge on any atom is -0.496 e. The molecule has 0 bridgehead atoms. The fraction of sp³-hybridized carbons (Fsp3) is 0.462. The zero-order valence-electron chi connectivity index (χ0n) is 11.0. The Morgan fingerprint density at radius 3 is 2.41 bits per heavy atom. The first-order valence-electron chi connectivity index (χ1n) is 5.46. The Balaban J connectivity index is 2.98. The Hall–Kier alpha value is -1.71. The number of nitrogens with one attached hydrogen (secondary N) is 1. The molecule has 0 saturated heterocycles. The minimum absolute atomic E-state index is 0.169. The van der Waals surface area contributed by atoms with Crippen LogP contribution in [0, 0.1) is 20.8 Å². The molecule has 0 fully saturated rings. The van der Waals surface area contributed by atoms with Crippen molar-refractivity contribution in [2.45, 2.75) is 20.8 Å². The molecule has 0 saturated carbocycles. The number of carbonyl (C=O) groups is 1. The van der Waals surface area contributed by atoms with Gasteiger partial charge in [-0.1, -0.05) is 0 Å². The van der Waals surface area contributed by atoms with E-state index in [1.54, 1.807) is 7.11 Å². The number of carbonyl (C=O) groups excluding carboxylic acids is 1. The van der Waals surface area contributed by atoms with E-state index in [0.717, 1.165) is 28.1 Å². The fourth-order valence-corrected chi connectivity index (χ4v) is 1.80. The van der Waals surface area contributed by atoms with E-state index >= 15 is 0 Å². The first kappa shape index (κ1) is 13.4. The second-order valence-electron chi connectivity index (χ2n) is 3.95. The Kier molecular flexibility index (Phi) is 4.37. The van der Waals surface area contributed by atoms with Crippen LogP contribution in [-0.4, -0.2) is 26.7 Å². The highest BCUT2D eigenvalue weighted by atomic mass is 16.5. The molecule has 0 radical (unpaired) electrons. The molecule has 0 aliphatic heterocycles. The molecule has 94 valence electrons. The molecule has 4 heteroatoms. The van der Waals surface area contributed by atoms with Crippen LogP contribution in [0.1, 0.15) is 16.7 Å². The number of ether oxygens (including phenoxy) is 2. The van der Waals surface area contributed by atoms with Crippen molar-refractivity contribution in [3.8, 4) is 5.75 Å². The summed E-state index contributed by atoms with van der Waals surface area (Å²) >= 11 is 0. The summed E-state index contributed by atoms with van der Waals surface area (Å²) in [7, 11) is 3.04. The van der Waals surface area contributed by atoms with E-state index in [1.807, 2.05) is 26.8 Å². The third kappa shape index (κ3) is 2.90. The number of esters is 1. The van der Waals surface area contributed by atoms with Gasteiger partial charge in [-0.15, -0.1) is 0 Å². The van der Waals surface area contributed by atoms with Crippen molar-refractivity contribution in [2.24, 2.45) is 0 Å². The fourth-order valence-electron chi connectivity index (χ4n) is 1.80. The van der Waals surface area contributed by atoms with Gasteiger partial charge in [-0.2, -0.15) is 0 Å². The zero-order valence-corrected chi connectivity index (χ0v) is 11.0. The van der Waals surface area contributed by atoms with Crippen molar-refractivity contribution >= 4 is 11.7 Å². The third-order valence-corrected chi connectivity index (χ3v) is 2.88. The lowest BCUT2D eigenvalue weighted by Gasteiger charge is -2.16. The quantitative estimate of drug-likeness (QED) is 0.816. The van der Waals surface area contributed by atoms with E-state index in [9.17, 15) is 4.79 Å². The van der Waals surface area contributed by atoms with Crippen LogP contribution in [0.3, 0.4) is 0 Å². The molecule has 0 spiro atoms. The van der Waals surface area contributed by atoms with Crippen LogP contribution in [-0.2, 0) is 9.53 Å². The van der Waals surface area contributed by atoms with Gasteiger partial charge in [0.2, 0.25) is 0 Å². The standard InChI is InChI=1S/C13H19NO3/c1-8-6-11(14-7-12(15)16-4)9(2)10(3)13(8)17-5/h6,14H,7H2,1-5H3. The van der Waals surface area contributed by atoms with E-state index in [2.05, 4.69) is 10.1 Å². The van der Waals surface area contributed by atoms with Crippen LogP contribution < -0.4 is 10.1 Å². The highest BCUT2D eigenvalue weighted by molar-refractivity contribution is 5.76. The summed E-state index contributed by atoms with van der Waals surface area (Å²) in [6, 6.07) is 1.98. The molecule has 1 aromatic rings. The summed E-state index contributed by atoms with van der Waals surface area (Å²) in [5, 5.41) is 3.07. The summed E-state index contributed by atoms with van der Waals surface area (Å²) in [5.41, 5.74) is 4.14. The van der Waals surface area contributed by atoms with Crippen LogP contribution >= 0.6 is 0 Å². The summed E-state index contributed by atoms with van der Waals surface area (Å²) in [6.45, 7) is 6.15. The van der Waals surface area contributed by atoms with E-state index in [-0.39, 0.29) is 12.5 Å². The van der Waals surface area contributed by atoms with E-state index in [4.69, 9.17) is 4.74 Å². The number of hydrogen-bond donors (Lipinski definition) is 1. The molecule has 0 unspecified atom stereocenters. The van der Waals surface area contributed by atoms with Gasteiger partial charge < -0.3 is 14.8 Å². The van der Waals surface area contributed by atoms with Gasteiger partial charge in [-0.05, 0) is 43.5 Å². The molecule has 0 heterocycles. The smallest absolute Gasteiger partial charge is 0.325 e. The van der Waals surface area contributed by atoms with Gasteiger partial charge in [0, 0.05) is 5.69 Å². The summed E-state index contributed by atoms with van der Waals surface area (Å²) in [6.07, 6.45) is 0. The van der Waals surface area contributed by atoms with Crippen molar-refractivity contribution < 1.29 is 14.3 Å². The van der Waals surface area contributed by atoms with E-state index in [0.29, 0.717) is 0 Å². The van der Waals surface area contributed by atoms with Crippen molar-refractivity contribution in [2.75, 3.05) is 26.1 Å². The summed E-state index contributed by atoms with van der Waals surface area (Å²) < 4.78 is 9.93. The molecule has 1 rings (SSSR count). The second kappa shape index (κ2) is 5.57. The van der Waals surface area contributed by atoms with Crippen LogP contribution in [0.4, 0.5) is 5.69 Å². The Morgan fingerprint density at radius 1 is 1.24 bits per heavy atom. The zero-order chi connectivity index (χ0) is 13.0. The van der Waals surface area contributed by atoms with Crippen molar-refractivity contribution in [3.05, 3.63) is 22.8 Å². The predicted molar refractivity (Wildman–Crippen MR) is 67.7 cm³/mol. The average molecular weight is 237 g/mol. The Morgan fingerprint density at radius 2 is 1.88 bits per heavy atom. The maximum atomic E-state index is 11.1. The number of anilines is 1. The van der Waals surface area contributed by atoms with Crippen molar-refractivity contribution in [3.63, 3.8) is 0 Å². The molecule has 0 atom stereocenters. The minimum atomic E-state index is -0.282. The molecular weight excluding hydrogens is 218 g/mol. The molecule has 0 amide bonds. The Bertz CT molecular complexity index is 427. The third-order valence-electron chi connectivity index (χ3n) is 2.88. The van der Waals surface area contributed by atoms with E-state index in [1.165, 1.54) is 7.11 Å². The number of benzene rings is 1. The lowest BCUT2D eigenvalue weighted by atomic mass is 10.0. The van der Waals surface area contributed by atoms with Crippen LogP contribution in [0.25, 0.3) is 0 Å². The maximum absolute atomic E-state index is 11.1. The molecule has 17 heavy (non-hydrogen) atoms. The van der Waals surface area contributed by atoms with Gasteiger partial charge in [-0.25, -0.2) is 0 Å². The highest BCUT2D eigenvalue weighted by Crippen LogP contribution is 2.31. The molecule has 0 aliphatic rings. The number of aryl methyl sites for hydroxylation is 1. The molecule has 0 aromatic heterocycles. The first-order valence-corrected chi connectivity index (χ1v) is 5.46. The van der Waals surface area contributed by atoms with Gasteiger partial charge in [0.05, 0.1) is 14.2 Å². The molecule has 1 N–H and O–H groups in total. The van der Waals surface area contributed by atoms with Gasteiger partial charge in [0.25, 0.3) is 0 Å². The van der Waals surface area contributed by atoms with Crippen LogP contribution in [0.15, 0.2) is 6.07 Å². The maximum Gasteiger partial charge on any atom is 0.325 e. The van der Waals surface area contributed by atoms with Crippen LogP contribution in [0.2, 0.25) is 0 Å². The number of hydrogen-bond acceptors (Lipinski definition) is 4. The molecular formula is C13H19NO3. The molecule has 0 aliphatic carbocycles. The van der Waals surface area contributed by atoms with Gasteiger partial charge in [0.1, 0.15) is 12.3 Å². The predicted octanol–water partition coefficient (Wildman–Crippen LogP) is 2.21. The number of rotatable bonds is 4. The van der Waals surface area contributed by atoms with Crippen molar-refractivity contribution in [1.82, 2.24) is 0 Å². The van der Waals surface area contributed by atoms with Gasteiger partial charge in [-0.3, -0.25) is 4.79 Å². The van der Waals surface area contributed by atoms with E-state index < -0.39 is 0 Å². The average Bonchev–Trinajstić information content (AvgIpc) is 2.32. The first-order chi connectivity index (χ1) is 8.01. The number of methoxy groups -OCH3 is 2.